The van der Waals surface area contributed by atoms with Crippen molar-refractivity contribution in [1.82, 2.24) is 4.98 Å². The molecular formula is C12H10F2N2O2S. The monoisotopic (exact) mass is 284 g/mol. The van der Waals surface area contributed by atoms with Gasteiger partial charge < -0.3 is 10.4 Å². The van der Waals surface area contributed by atoms with E-state index in [1.54, 1.807) is 6.20 Å². The van der Waals surface area contributed by atoms with E-state index in [4.69, 9.17) is 5.11 Å². The van der Waals surface area contributed by atoms with E-state index in [9.17, 15) is 13.6 Å². The SMILES string of the molecule is O=C(O)c1ccc(NCCc2nccs2)c(F)c1F. The fourth-order valence-electron chi connectivity index (χ4n) is 1.53. The quantitative estimate of drug-likeness (QED) is 0.886. The third-order valence-electron chi connectivity index (χ3n) is 2.45. The molecule has 0 fully saturated rings. The van der Waals surface area contributed by atoms with Crippen LogP contribution >= 0.6 is 11.3 Å². The predicted octanol–water partition coefficient (Wildman–Crippen LogP) is 2.77. The van der Waals surface area contributed by atoms with Gasteiger partial charge in [-0.05, 0) is 12.1 Å². The smallest absolute Gasteiger partial charge is 0.338 e. The number of thiazole rings is 1. The summed E-state index contributed by atoms with van der Waals surface area (Å²) in [5, 5.41) is 14.1. The van der Waals surface area contributed by atoms with Gasteiger partial charge in [0.2, 0.25) is 0 Å². The van der Waals surface area contributed by atoms with Gasteiger partial charge in [-0.25, -0.2) is 18.6 Å². The highest BCUT2D eigenvalue weighted by molar-refractivity contribution is 7.09. The van der Waals surface area contributed by atoms with E-state index >= 15 is 0 Å². The molecule has 100 valence electrons. The second kappa shape index (κ2) is 5.75. The molecular weight excluding hydrogens is 274 g/mol. The van der Waals surface area contributed by atoms with Gasteiger partial charge in [0.15, 0.2) is 11.6 Å². The Morgan fingerprint density at radius 3 is 2.79 bits per heavy atom. The maximum Gasteiger partial charge on any atom is 0.338 e. The van der Waals surface area contributed by atoms with Crippen LogP contribution < -0.4 is 5.32 Å². The zero-order valence-electron chi connectivity index (χ0n) is 9.69. The normalized spacial score (nSPS) is 10.4. The number of carboxylic acids is 1. The molecule has 0 bridgehead atoms. The van der Waals surface area contributed by atoms with Gasteiger partial charge in [-0.15, -0.1) is 11.3 Å². The zero-order chi connectivity index (χ0) is 13.8. The summed E-state index contributed by atoms with van der Waals surface area (Å²) in [5.74, 6) is -4.03. The molecule has 0 atom stereocenters. The average molecular weight is 284 g/mol. The molecule has 0 saturated heterocycles. The Balaban J connectivity index is 2.05. The first-order valence-electron chi connectivity index (χ1n) is 5.43. The molecule has 4 nitrogen and oxygen atoms in total. The minimum atomic E-state index is -1.49. The Morgan fingerprint density at radius 1 is 1.37 bits per heavy atom. The maximum absolute atomic E-state index is 13.6. The highest BCUT2D eigenvalue weighted by atomic mass is 32.1. The Hall–Kier alpha value is -2.02. The summed E-state index contributed by atoms with van der Waals surface area (Å²) in [5.41, 5.74) is -0.734. The number of carbonyl (C=O) groups is 1. The third-order valence-corrected chi connectivity index (χ3v) is 3.29. The number of nitrogens with one attached hydrogen (secondary N) is 1. The van der Waals surface area contributed by atoms with Gasteiger partial charge in [0.05, 0.1) is 16.3 Å². The maximum atomic E-state index is 13.6. The number of halogens is 2. The average Bonchev–Trinajstić information content (AvgIpc) is 2.87. The van der Waals surface area contributed by atoms with E-state index in [1.807, 2.05) is 5.38 Å². The molecule has 0 amide bonds. The number of anilines is 1. The molecule has 2 rings (SSSR count). The van der Waals surface area contributed by atoms with Crippen LogP contribution in [-0.2, 0) is 6.42 Å². The van der Waals surface area contributed by atoms with Crippen molar-refractivity contribution < 1.29 is 18.7 Å². The summed E-state index contributed by atoms with van der Waals surface area (Å²) in [6, 6.07) is 2.25. The van der Waals surface area contributed by atoms with Crippen LogP contribution in [0.2, 0.25) is 0 Å². The molecule has 0 saturated carbocycles. The molecule has 1 heterocycles. The van der Waals surface area contributed by atoms with Crippen LogP contribution in [0.3, 0.4) is 0 Å². The summed E-state index contributed by atoms with van der Waals surface area (Å²) in [6.45, 7) is 0.385. The molecule has 19 heavy (non-hydrogen) atoms. The number of rotatable bonds is 5. The van der Waals surface area contributed by atoms with E-state index < -0.39 is 23.2 Å². The van der Waals surface area contributed by atoms with Gasteiger partial charge in [0.25, 0.3) is 0 Å². The van der Waals surface area contributed by atoms with Crippen LogP contribution in [0.25, 0.3) is 0 Å². The second-order valence-corrected chi connectivity index (χ2v) is 4.68. The minimum absolute atomic E-state index is 0.0564. The molecule has 0 radical (unpaired) electrons. The van der Waals surface area contributed by atoms with Gasteiger partial charge in [-0.2, -0.15) is 0 Å². The van der Waals surface area contributed by atoms with Gasteiger partial charge in [0, 0.05) is 24.5 Å². The van der Waals surface area contributed by atoms with Gasteiger partial charge >= 0.3 is 5.97 Å². The van der Waals surface area contributed by atoms with Crippen LogP contribution in [0, 0.1) is 11.6 Å². The first kappa shape index (κ1) is 13.4. The van der Waals surface area contributed by atoms with E-state index in [1.165, 1.54) is 17.4 Å². The predicted molar refractivity (Wildman–Crippen MR) is 67.6 cm³/mol. The van der Waals surface area contributed by atoms with E-state index in [0.29, 0.717) is 13.0 Å². The molecule has 0 spiro atoms. The van der Waals surface area contributed by atoms with Crippen LogP contribution in [-0.4, -0.2) is 22.6 Å². The Morgan fingerprint density at radius 2 is 2.16 bits per heavy atom. The number of hydrogen-bond acceptors (Lipinski definition) is 4. The molecule has 7 heteroatoms. The summed E-state index contributed by atoms with van der Waals surface area (Å²) in [7, 11) is 0. The highest BCUT2D eigenvalue weighted by Gasteiger charge is 2.17. The largest absolute Gasteiger partial charge is 0.478 e. The number of hydrogen-bond donors (Lipinski definition) is 2. The Bertz CT molecular complexity index is 588. The van der Waals surface area contributed by atoms with Crippen molar-refractivity contribution in [3.8, 4) is 0 Å². The van der Waals surface area contributed by atoms with Crippen LogP contribution in [0.4, 0.5) is 14.5 Å². The van der Waals surface area contributed by atoms with Crippen molar-refractivity contribution in [2.24, 2.45) is 0 Å². The fraction of sp³-hybridized carbons (Fsp3) is 0.167. The summed E-state index contributed by atoms with van der Waals surface area (Å²) < 4.78 is 27.0. The molecule has 1 aromatic heterocycles. The first-order valence-corrected chi connectivity index (χ1v) is 6.31. The Kier molecular flexibility index (Phi) is 4.06. The number of aromatic nitrogens is 1. The van der Waals surface area contributed by atoms with Crippen molar-refractivity contribution in [2.75, 3.05) is 11.9 Å². The first-order chi connectivity index (χ1) is 9.09. The van der Waals surface area contributed by atoms with Gasteiger partial charge in [-0.1, -0.05) is 0 Å². The standard InChI is InChI=1S/C12H10F2N2O2S/c13-10-7(12(17)18)1-2-8(11(10)14)15-4-3-9-16-5-6-19-9/h1-2,5-6,15H,3-4H2,(H,17,18). The van der Waals surface area contributed by atoms with E-state index in [2.05, 4.69) is 10.3 Å². The summed E-state index contributed by atoms with van der Waals surface area (Å²) in [4.78, 5) is 14.7. The van der Waals surface area contributed by atoms with Gasteiger partial charge in [-0.3, -0.25) is 0 Å². The van der Waals surface area contributed by atoms with Crippen LogP contribution in [0.1, 0.15) is 15.4 Å². The fourth-order valence-corrected chi connectivity index (χ4v) is 2.15. The lowest BCUT2D eigenvalue weighted by Gasteiger charge is -2.08. The van der Waals surface area contributed by atoms with Crippen molar-refractivity contribution in [1.29, 1.82) is 0 Å². The summed E-state index contributed by atoms with van der Waals surface area (Å²) >= 11 is 1.48. The molecule has 2 aromatic rings. The molecule has 0 aliphatic rings. The number of carboxylic acid groups (broad SMARTS) is 1. The Labute approximate surface area is 111 Å². The van der Waals surface area contributed by atoms with Crippen molar-refractivity contribution in [2.45, 2.75) is 6.42 Å². The summed E-state index contributed by atoms with van der Waals surface area (Å²) in [6.07, 6.45) is 2.25. The van der Waals surface area contributed by atoms with Crippen LogP contribution in [0.5, 0.6) is 0 Å². The lowest BCUT2D eigenvalue weighted by molar-refractivity contribution is 0.0690. The lowest BCUT2D eigenvalue weighted by atomic mass is 10.2. The van der Waals surface area contributed by atoms with E-state index in [0.717, 1.165) is 11.1 Å². The van der Waals surface area contributed by atoms with Crippen molar-refractivity contribution in [3.63, 3.8) is 0 Å². The minimum Gasteiger partial charge on any atom is -0.478 e. The van der Waals surface area contributed by atoms with Crippen LogP contribution in [0.15, 0.2) is 23.7 Å². The molecule has 1 aromatic carbocycles. The molecule has 2 N–H and O–H groups in total. The topological polar surface area (TPSA) is 62.2 Å². The van der Waals surface area contributed by atoms with E-state index in [-0.39, 0.29) is 5.69 Å². The molecule has 0 aliphatic heterocycles. The third kappa shape index (κ3) is 3.05. The molecule has 0 aliphatic carbocycles. The number of benzene rings is 1. The van der Waals surface area contributed by atoms with Crippen molar-refractivity contribution >= 4 is 23.0 Å². The zero-order valence-corrected chi connectivity index (χ0v) is 10.5. The van der Waals surface area contributed by atoms with Crippen molar-refractivity contribution in [3.05, 3.63) is 45.9 Å². The lowest BCUT2D eigenvalue weighted by Crippen LogP contribution is -2.09. The van der Waals surface area contributed by atoms with Gasteiger partial charge in [0.1, 0.15) is 0 Å². The highest BCUT2D eigenvalue weighted by Crippen LogP contribution is 2.20. The number of aromatic carboxylic acids is 1. The number of nitrogens with zero attached hydrogens (tertiary/aromatic N) is 1. The second-order valence-electron chi connectivity index (χ2n) is 3.70. The molecule has 0 unspecified atom stereocenters.